The summed E-state index contributed by atoms with van der Waals surface area (Å²) in [5.74, 6) is -1.04. The average Bonchev–Trinajstić information content (AvgIpc) is 3.46. The van der Waals surface area contributed by atoms with Crippen LogP contribution < -0.4 is 0 Å². The summed E-state index contributed by atoms with van der Waals surface area (Å²) in [6.45, 7) is 6.19. The predicted octanol–water partition coefficient (Wildman–Crippen LogP) is 22.0. The maximum Gasteiger partial charge on any atom is 0.306 e. The summed E-state index contributed by atoms with van der Waals surface area (Å²) in [7, 11) is 0. The maximum absolute atomic E-state index is 12.9. The van der Waals surface area contributed by atoms with Crippen LogP contribution in [0.15, 0.2) is 207 Å². The van der Waals surface area contributed by atoms with Crippen LogP contribution in [0.3, 0.4) is 0 Å². The van der Waals surface area contributed by atoms with E-state index in [1.54, 1.807) is 0 Å². The van der Waals surface area contributed by atoms with Gasteiger partial charge in [-0.1, -0.05) is 247 Å². The molecular formula is C75H112O6. The van der Waals surface area contributed by atoms with Crippen molar-refractivity contribution in [1.82, 2.24) is 0 Å². The number of hydrogen-bond donors (Lipinski definition) is 0. The molecule has 1 unspecified atom stereocenters. The molecule has 0 heterocycles. The third-order valence-corrected chi connectivity index (χ3v) is 12.3. The van der Waals surface area contributed by atoms with Crippen molar-refractivity contribution >= 4 is 17.9 Å². The number of rotatable bonds is 54. The SMILES string of the molecule is CC/C=C\C/C=C\C/C=C\C/C=C\C/C=C\C/C=C\C/C=C\C/C=C\CCCCCCC(=O)OCC(COC(=O)CCCCC/C=C\C/C=C\C/C=C\CC)OC(=O)CCCC/C=C\C/C=C\C/C=C\C/C=C\C/C=C\C/C=C\CC. The summed E-state index contributed by atoms with van der Waals surface area (Å²) in [5, 5.41) is 0. The number of unbranched alkanes of at least 4 members (excludes halogenated alkanes) is 9. The van der Waals surface area contributed by atoms with Gasteiger partial charge in [-0.15, -0.1) is 0 Å². The first-order chi connectivity index (χ1) is 40.0. The van der Waals surface area contributed by atoms with Gasteiger partial charge in [0.05, 0.1) is 0 Å². The third kappa shape index (κ3) is 64.7. The second-order valence-corrected chi connectivity index (χ2v) is 19.8. The van der Waals surface area contributed by atoms with Gasteiger partial charge < -0.3 is 14.2 Å². The van der Waals surface area contributed by atoms with Gasteiger partial charge in [-0.2, -0.15) is 0 Å². The Morgan fingerprint density at radius 2 is 0.444 bits per heavy atom. The van der Waals surface area contributed by atoms with Gasteiger partial charge in [0.15, 0.2) is 6.10 Å². The fourth-order valence-electron chi connectivity index (χ4n) is 7.65. The molecule has 0 spiro atoms. The molecule has 0 aromatic heterocycles. The third-order valence-electron chi connectivity index (χ3n) is 12.3. The molecule has 0 aromatic carbocycles. The number of esters is 3. The molecule has 0 aliphatic heterocycles. The average molecular weight is 1110 g/mol. The highest BCUT2D eigenvalue weighted by atomic mass is 16.6. The highest BCUT2D eigenvalue weighted by molar-refractivity contribution is 5.71. The molecule has 0 fully saturated rings. The van der Waals surface area contributed by atoms with Crippen molar-refractivity contribution in [2.24, 2.45) is 0 Å². The fourth-order valence-corrected chi connectivity index (χ4v) is 7.65. The van der Waals surface area contributed by atoms with Crippen LogP contribution in [0.25, 0.3) is 0 Å². The number of ether oxygens (including phenoxy) is 3. The fraction of sp³-hybridized carbons (Fsp3) is 0.507. The highest BCUT2D eigenvalue weighted by Gasteiger charge is 2.19. The molecule has 0 aromatic rings. The Kier molecular flexibility index (Phi) is 61.6. The first-order valence-corrected chi connectivity index (χ1v) is 31.6. The molecule has 0 saturated heterocycles. The van der Waals surface area contributed by atoms with Crippen LogP contribution in [-0.4, -0.2) is 37.2 Å². The summed E-state index contributed by atoms with van der Waals surface area (Å²) >= 11 is 0. The van der Waals surface area contributed by atoms with Gasteiger partial charge in [-0.25, -0.2) is 0 Å². The molecule has 6 heteroatoms. The van der Waals surface area contributed by atoms with Crippen molar-refractivity contribution < 1.29 is 28.6 Å². The van der Waals surface area contributed by atoms with Gasteiger partial charge >= 0.3 is 17.9 Å². The monoisotopic (exact) mass is 1110 g/mol. The number of hydrogen-bond acceptors (Lipinski definition) is 6. The zero-order valence-electron chi connectivity index (χ0n) is 51.2. The molecule has 0 saturated carbocycles. The number of allylic oxidation sites excluding steroid dienone is 34. The van der Waals surface area contributed by atoms with E-state index in [1.807, 2.05) is 0 Å². The van der Waals surface area contributed by atoms with Crippen molar-refractivity contribution in [1.29, 1.82) is 0 Å². The zero-order chi connectivity index (χ0) is 58.5. The van der Waals surface area contributed by atoms with Crippen LogP contribution in [0.5, 0.6) is 0 Å². The zero-order valence-corrected chi connectivity index (χ0v) is 51.2. The van der Waals surface area contributed by atoms with E-state index in [1.165, 1.54) is 0 Å². The molecule has 448 valence electrons. The van der Waals surface area contributed by atoms with Gasteiger partial charge in [-0.05, 0) is 167 Å². The van der Waals surface area contributed by atoms with Crippen LogP contribution in [0.4, 0.5) is 0 Å². The minimum Gasteiger partial charge on any atom is -0.462 e. The van der Waals surface area contributed by atoms with Crippen molar-refractivity contribution in [2.75, 3.05) is 13.2 Å². The summed E-state index contributed by atoms with van der Waals surface area (Å²) in [5.41, 5.74) is 0. The molecule has 0 radical (unpaired) electrons. The summed E-state index contributed by atoms with van der Waals surface area (Å²) in [6, 6.07) is 0. The molecule has 0 aliphatic rings. The smallest absolute Gasteiger partial charge is 0.306 e. The van der Waals surface area contributed by atoms with E-state index in [-0.39, 0.29) is 37.5 Å². The van der Waals surface area contributed by atoms with E-state index < -0.39 is 6.10 Å². The van der Waals surface area contributed by atoms with E-state index in [4.69, 9.17) is 14.2 Å². The molecule has 0 amide bonds. The minimum absolute atomic E-state index is 0.131. The second-order valence-electron chi connectivity index (χ2n) is 19.8. The van der Waals surface area contributed by atoms with Crippen molar-refractivity contribution in [3.8, 4) is 0 Å². The molecule has 0 aliphatic carbocycles. The standard InChI is InChI=1S/C75H112O6/c1-4-7-10-13-16-19-22-25-27-29-31-33-34-35-36-37-38-39-40-42-43-45-47-50-53-56-59-62-65-68-74(77)80-71-72(70-79-73(76)67-64-61-58-55-52-49-24-21-18-15-12-9-6-3)81-75(78)69-66-63-60-57-54-51-48-46-44-41-32-30-28-26-23-20-17-14-11-8-5-2/h7-12,16-21,25-28,31-33,35-36,38-39,41-43,46-50,52,54,57,72H,4-6,13-15,22-24,29-30,34,37,40,44-45,51,53,55-56,58-71H2,1-3H3/b10-7-,11-8-,12-9-,19-16-,20-17-,21-18-,27-25-,28-26-,33-31-,36-35-,39-38-,41-32-,43-42-,48-46-,50-47-,52-49-,57-54-. The van der Waals surface area contributed by atoms with E-state index in [0.29, 0.717) is 19.3 Å². The first-order valence-electron chi connectivity index (χ1n) is 31.6. The molecule has 0 rings (SSSR count). The Hall–Kier alpha value is -6.01. The lowest BCUT2D eigenvalue weighted by Gasteiger charge is -2.18. The lowest BCUT2D eigenvalue weighted by atomic mass is 10.1. The quantitative estimate of drug-likeness (QED) is 0.0261. The first kappa shape index (κ1) is 75.0. The largest absolute Gasteiger partial charge is 0.462 e. The van der Waals surface area contributed by atoms with Gasteiger partial charge in [0.2, 0.25) is 0 Å². The van der Waals surface area contributed by atoms with E-state index in [2.05, 4.69) is 227 Å². The molecule has 1 atom stereocenters. The van der Waals surface area contributed by atoms with Crippen molar-refractivity contribution in [2.45, 2.75) is 232 Å². The Morgan fingerprint density at radius 3 is 0.716 bits per heavy atom. The highest BCUT2D eigenvalue weighted by Crippen LogP contribution is 2.12. The Balaban J connectivity index is 4.53. The van der Waals surface area contributed by atoms with Gasteiger partial charge in [0.25, 0.3) is 0 Å². The lowest BCUT2D eigenvalue weighted by Crippen LogP contribution is -2.30. The van der Waals surface area contributed by atoms with Gasteiger partial charge in [-0.3, -0.25) is 14.4 Å². The predicted molar refractivity (Wildman–Crippen MR) is 352 cm³/mol. The van der Waals surface area contributed by atoms with Crippen LogP contribution in [0.2, 0.25) is 0 Å². The summed E-state index contributed by atoms with van der Waals surface area (Å²) in [6.07, 6.45) is 103. The maximum atomic E-state index is 12.9. The van der Waals surface area contributed by atoms with E-state index >= 15 is 0 Å². The summed E-state index contributed by atoms with van der Waals surface area (Å²) in [4.78, 5) is 38.3. The van der Waals surface area contributed by atoms with Crippen molar-refractivity contribution in [3.63, 3.8) is 0 Å². The molecular weight excluding hydrogens is 997 g/mol. The molecule has 6 nitrogen and oxygen atoms in total. The number of carbonyl (C=O) groups is 3. The van der Waals surface area contributed by atoms with Crippen molar-refractivity contribution in [3.05, 3.63) is 207 Å². The van der Waals surface area contributed by atoms with Gasteiger partial charge in [0, 0.05) is 19.3 Å². The Morgan fingerprint density at radius 1 is 0.247 bits per heavy atom. The van der Waals surface area contributed by atoms with Crippen LogP contribution in [0, 0.1) is 0 Å². The van der Waals surface area contributed by atoms with Crippen LogP contribution >= 0.6 is 0 Å². The Bertz CT molecular complexity index is 2000. The second kappa shape index (κ2) is 66.5. The molecule has 0 bridgehead atoms. The minimum atomic E-state index is -0.839. The number of carbonyl (C=O) groups excluding carboxylic acids is 3. The van der Waals surface area contributed by atoms with E-state index in [9.17, 15) is 14.4 Å². The molecule has 81 heavy (non-hydrogen) atoms. The topological polar surface area (TPSA) is 78.9 Å². The lowest BCUT2D eigenvalue weighted by molar-refractivity contribution is -0.167. The summed E-state index contributed by atoms with van der Waals surface area (Å²) < 4.78 is 16.8. The van der Waals surface area contributed by atoms with Crippen LogP contribution in [-0.2, 0) is 28.6 Å². The van der Waals surface area contributed by atoms with E-state index in [0.717, 1.165) is 180 Å². The Labute approximate surface area is 496 Å². The normalized spacial score (nSPS) is 13.6. The van der Waals surface area contributed by atoms with Crippen LogP contribution in [0.1, 0.15) is 226 Å². The molecule has 0 N–H and O–H groups in total. The van der Waals surface area contributed by atoms with Gasteiger partial charge in [0.1, 0.15) is 13.2 Å².